The van der Waals surface area contributed by atoms with Crippen LogP contribution in [0.3, 0.4) is 0 Å². The highest BCUT2D eigenvalue weighted by Gasteiger charge is 2.21. The van der Waals surface area contributed by atoms with Crippen molar-refractivity contribution >= 4 is 0 Å². The molecule has 1 N–H and O–H groups in total. The molecule has 0 aliphatic rings. The second-order valence-corrected chi connectivity index (χ2v) is 4.44. The van der Waals surface area contributed by atoms with E-state index >= 15 is 0 Å². The van der Waals surface area contributed by atoms with Crippen molar-refractivity contribution in [3.05, 3.63) is 53.1 Å². The molecule has 102 valence electrons. The van der Waals surface area contributed by atoms with Crippen molar-refractivity contribution < 1.29 is 13.9 Å². The van der Waals surface area contributed by atoms with Crippen LogP contribution in [0.25, 0.3) is 0 Å². The lowest BCUT2D eigenvalue weighted by Gasteiger charge is -2.14. The number of imidazole rings is 1. The van der Waals surface area contributed by atoms with Gasteiger partial charge in [-0.1, -0.05) is 6.07 Å². The summed E-state index contributed by atoms with van der Waals surface area (Å²) in [5, 5.41) is 10.1. The minimum Gasteiger partial charge on any atom is -0.388 e. The molecule has 0 saturated carbocycles. The molecule has 0 amide bonds. The Kier molecular flexibility index (Phi) is 3.95. The van der Waals surface area contributed by atoms with Crippen LogP contribution in [0.15, 0.2) is 24.5 Å². The Bertz CT molecular complexity index is 581. The van der Waals surface area contributed by atoms with Gasteiger partial charge in [-0.3, -0.25) is 0 Å². The molecule has 0 fully saturated rings. The van der Waals surface area contributed by atoms with E-state index in [0.29, 0.717) is 17.9 Å². The summed E-state index contributed by atoms with van der Waals surface area (Å²) < 4.78 is 29.4. The first-order valence-electron chi connectivity index (χ1n) is 6.17. The van der Waals surface area contributed by atoms with E-state index < -0.39 is 17.7 Å². The summed E-state index contributed by atoms with van der Waals surface area (Å²) in [4.78, 5) is 4.09. The summed E-state index contributed by atoms with van der Waals surface area (Å²) in [5.74, 6) is -0.817. The molecule has 5 heteroatoms. The van der Waals surface area contributed by atoms with E-state index in [-0.39, 0.29) is 12.0 Å². The summed E-state index contributed by atoms with van der Waals surface area (Å²) in [6.07, 6.45) is 2.21. The van der Waals surface area contributed by atoms with E-state index in [1.54, 1.807) is 12.4 Å². The molecule has 1 heterocycles. The first-order chi connectivity index (χ1) is 9.04. The van der Waals surface area contributed by atoms with Gasteiger partial charge in [0.05, 0.1) is 11.7 Å². The van der Waals surface area contributed by atoms with Gasteiger partial charge < -0.3 is 9.67 Å². The number of hydrogen-bond acceptors (Lipinski definition) is 2. The minimum absolute atomic E-state index is 0.0815. The summed E-state index contributed by atoms with van der Waals surface area (Å²) in [7, 11) is 0. The molecule has 0 radical (unpaired) electrons. The van der Waals surface area contributed by atoms with Crippen LogP contribution < -0.4 is 0 Å². The number of aliphatic hydroxyl groups excluding tert-OH is 1. The van der Waals surface area contributed by atoms with Crippen LogP contribution in [-0.4, -0.2) is 14.7 Å². The van der Waals surface area contributed by atoms with Gasteiger partial charge in [-0.2, -0.15) is 0 Å². The SMILES string of the molecule is CCn1ccnc1CC(O)c1c(F)ccc(C)c1F. The molecular formula is C14H16F2N2O. The lowest BCUT2D eigenvalue weighted by Crippen LogP contribution is -2.12. The van der Waals surface area contributed by atoms with Crippen molar-refractivity contribution in [2.24, 2.45) is 0 Å². The zero-order chi connectivity index (χ0) is 14.0. The standard InChI is InChI=1S/C14H16F2N2O/c1-3-18-7-6-17-12(18)8-11(19)13-10(15)5-4-9(2)14(13)16/h4-7,11,19H,3,8H2,1-2H3. The van der Waals surface area contributed by atoms with Crippen molar-refractivity contribution in [1.29, 1.82) is 0 Å². The van der Waals surface area contributed by atoms with Gasteiger partial charge in [0.15, 0.2) is 0 Å². The van der Waals surface area contributed by atoms with Crippen LogP contribution >= 0.6 is 0 Å². The number of halogens is 2. The summed E-state index contributed by atoms with van der Waals surface area (Å²) in [6.45, 7) is 4.17. The third-order valence-electron chi connectivity index (χ3n) is 3.17. The third kappa shape index (κ3) is 2.66. The molecule has 1 unspecified atom stereocenters. The topological polar surface area (TPSA) is 38.0 Å². The van der Waals surface area contributed by atoms with Gasteiger partial charge in [0, 0.05) is 25.4 Å². The number of aliphatic hydroxyl groups is 1. The van der Waals surface area contributed by atoms with Gasteiger partial charge in [-0.05, 0) is 25.5 Å². The van der Waals surface area contributed by atoms with Gasteiger partial charge in [0.2, 0.25) is 0 Å². The molecule has 0 aliphatic heterocycles. The average Bonchev–Trinajstić information content (AvgIpc) is 2.81. The molecule has 2 rings (SSSR count). The monoisotopic (exact) mass is 266 g/mol. The lowest BCUT2D eigenvalue weighted by atomic mass is 10.0. The van der Waals surface area contributed by atoms with Crippen LogP contribution in [-0.2, 0) is 13.0 Å². The third-order valence-corrected chi connectivity index (χ3v) is 3.17. The van der Waals surface area contributed by atoms with Crippen molar-refractivity contribution in [3.63, 3.8) is 0 Å². The quantitative estimate of drug-likeness (QED) is 0.924. The van der Waals surface area contributed by atoms with Gasteiger partial charge >= 0.3 is 0 Å². The van der Waals surface area contributed by atoms with Crippen molar-refractivity contribution in [2.45, 2.75) is 32.9 Å². The van der Waals surface area contributed by atoms with Crippen LogP contribution in [0.5, 0.6) is 0 Å². The van der Waals surface area contributed by atoms with Crippen LogP contribution in [0.1, 0.15) is 30.0 Å². The number of aryl methyl sites for hydroxylation is 2. The smallest absolute Gasteiger partial charge is 0.134 e. The largest absolute Gasteiger partial charge is 0.388 e. The fourth-order valence-corrected chi connectivity index (χ4v) is 2.08. The fourth-order valence-electron chi connectivity index (χ4n) is 2.08. The fraction of sp³-hybridized carbons (Fsp3) is 0.357. The van der Waals surface area contributed by atoms with E-state index in [1.165, 1.54) is 19.1 Å². The van der Waals surface area contributed by atoms with E-state index in [0.717, 1.165) is 0 Å². The van der Waals surface area contributed by atoms with Crippen LogP contribution in [0.2, 0.25) is 0 Å². The summed E-state index contributed by atoms with van der Waals surface area (Å²) >= 11 is 0. The minimum atomic E-state index is -1.24. The predicted molar refractivity (Wildman–Crippen MR) is 67.7 cm³/mol. The number of benzene rings is 1. The van der Waals surface area contributed by atoms with Crippen LogP contribution in [0.4, 0.5) is 8.78 Å². The van der Waals surface area contributed by atoms with E-state index in [9.17, 15) is 13.9 Å². The highest BCUT2D eigenvalue weighted by atomic mass is 19.1. The first kappa shape index (κ1) is 13.7. The van der Waals surface area contributed by atoms with Crippen molar-refractivity contribution in [2.75, 3.05) is 0 Å². The predicted octanol–water partition coefficient (Wildman–Crippen LogP) is 2.77. The molecule has 1 atom stereocenters. The van der Waals surface area contributed by atoms with Gasteiger partial charge in [0.1, 0.15) is 17.5 Å². The summed E-state index contributed by atoms with van der Waals surface area (Å²) in [5.41, 5.74) is 0.0277. The molecule has 1 aromatic carbocycles. The van der Waals surface area contributed by atoms with Crippen molar-refractivity contribution in [1.82, 2.24) is 9.55 Å². The maximum atomic E-state index is 13.9. The zero-order valence-corrected chi connectivity index (χ0v) is 10.9. The maximum Gasteiger partial charge on any atom is 0.134 e. The normalized spacial score (nSPS) is 12.7. The number of rotatable bonds is 4. The lowest BCUT2D eigenvalue weighted by molar-refractivity contribution is 0.164. The van der Waals surface area contributed by atoms with Gasteiger partial charge in [-0.15, -0.1) is 0 Å². The second kappa shape index (κ2) is 5.48. The average molecular weight is 266 g/mol. The Morgan fingerprint density at radius 2 is 2.11 bits per heavy atom. The molecule has 19 heavy (non-hydrogen) atoms. The molecule has 0 saturated heterocycles. The number of aromatic nitrogens is 2. The van der Waals surface area contributed by atoms with Crippen molar-refractivity contribution in [3.8, 4) is 0 Å². The summed E-state index contributed by atoms with van der Waals surface area (Å²) in [6, 6.07) is 2.52. The molecule has 1 aromatic heterocycles. The molecule has 2 aromatic rings. The van der Waals surface area contributed by atoms with Gasteiger partial charge in [-0.25, -0.2) is 13.8 Å². The van der Waals surface area contributed by atoms with Crippen LogP contribution in [0, 0.1) is 18.6 Å². The highest BCUT2D eigenvalue weighted by molar-refractivity contribution is 5.28. The maximum absolute atomic E-state index is 13.9. The van der Waals surface area contributed by atoms with E-state index in [1.807, 2.05) is 11.5 Å². The molecule has 3 nitrogen and oxygen atoms in total. The number of hydrogen-bond donors (Lipinski definition) is 1. The Hall–Kier alpha value is -1.75. The van der Waals surface area contributed by atoms with Gasteiger partial charge in [0.25, 0.3) is 0 Å². The van der Waals surface area contributed by atoms with E-state index in [4.69, 9.17) is 0 Å². The Morgan fingerprint density at radius 1 is 1.37 bits per heavy atom. The molecule has 0 bridgehead atoms. The number of nitrogens with zero attached hydrogens (tertiary/aromatic N) is 2. The highest BCUT2D eigenvalue weighted by Crippen LogP contribution is 2.25. The van der Waals surface area contributed by atoms with E-state index in [2.05, 4.69) is 4.98 Å². The first-order valence-corrected chi connectivity index (χ1v) is 6.17. The Balaban J connectivity index is 2.30. The second-order valence-electron chi connectivity index (χ2n) is 4.44. The molecule has 0 spiro atoms. The molecular weight excluding hydrogens is 250 g/mol. The Labute approximate surface area is 110 Å². The zero-order valence-electron chi connectivity index (χ0n) is 10.9. The molecule has 0 aliphatic carbocycles. The Morgan fingerprint density at radius 3 is 2.79 bits per heavy atom.